The summed E-state index contributed by atoms with van der Waals surface area (Å²) >= 11 is 3.41. The number of urea groups is 1. The number of carbonyl (C=O) groups is 3. The van der Waals surface area contributed by atoms with Crippen LogP contribution in [0.15, 0.2) is 22.7 Å². The number of hydrogen-bond acceptors (Lipinski definition) is 3. The largest absolute Gasteiger partial charge is 0.336 e. The molecule has 3 rings (SSSR count). The van der Waals surface area contributed by atoms with Crippen molar-refractivity contribution in [3.8, 4) is 0 Å². The molecule has 21 heavy (non-hydrogen) atoms. The van der Waals surface area contributed by atoms with Crippen LogP contribution in [0.2, 0.25) is 0 Å². The average Bonchev–Trinajstić information content (AvgIpc) is 2.97. The van der Waals surface area contributed by atoms with Gasteiger partial charge in [0.15, 0.2) is 0 Å². The summed E-state index contributed by atoms with van der Waals surface area (Å²) in [5, 5.41) is 4.86. The van der Waals surface area contributed by atoms with E-state index in [1.165, 1.54) is 0 Å². The highest BCUT2D eigenvalue weighted by atomic mass is 79.9. The molecule has 0 bridgehead atoms. The number of imide groups is 1. The second-order valence-electron chi connectivity index (χ2n) is 5.43. The second-order valence-corrected chi connectivity index (χ2v) is 6.29. The lowest BCUT2D eigenvalue weighted by Crippen LogP contribution is -2.49. The van der Waals surface area contributed by atoms with E-state index in [1.807, 2.05) is 13.0 Å². The molecule has 4 amide bonds. The van der Waals surface area contributed by atoms with Crippen LogP contribution in [0.5, 0.6) is 0 Å². The maximum Gasteiger partial charge on any atom is 0.322 e. The second kappa shape index (κ2) is 4.84. The SMILES string of the molecule is Cc1ccc(C(=O)N2CCC3(C2)NC(=O)NC3=O)cc1Br. The number of likely N-dealkylation sites (tertiary alicyclic amines) is 1. The summed E-state index contributed by atoms with van der Waals surface area (Å²) in [6, 6.07) is 4.91. The lowest BCUT2D eigenvalue weighted by molar-refractivity contribution is -0.123. The number of nitrogens with one attached hydrogen (secondary N) is 2. The van der Waals surface area contributed by atoms with E-state index in [0.717, 1.165) is 10.0 Å². The van der Waals surface area contributed by atoms with E-state index in [9.17, 15) is 14.4 Å². The Morgan fingerprint density at radius 3 is 2.76 bits per heavy atom. The van der Waals surface area contributed by atoms with Gasteiger partial charge < -0.3 is 10.2 Å². The summed E-state index contributed by atoms with van der Waals surface area (Å²) in [5.41, 5.74) is 0.649. The standard InChI is InChI=1S/C14H14BrN3O3/c1-8-2-3-9(6-10(8)15)11(19)18-5-4-14(7-18)12(20)16-13(21)17-14/h2-3,6H,4-5,7H2,1H3,(H2,16,17,20,21). The maximum absolute atomic E-state index is 12.5. The smallest absolute Gasteiger partial charge is 0.322 e. The predicted molar refractivity (Wildman–Crippen MR) is 78.8 cm³/mol. The average molecular weight is 352 g/mol. The summed E-state index contributed by atoms with van der Waals surface area (Å²) in [5.74, 6) is -0.491. The first-order valence-corrected chi connectivity index (χ1v) is 7.40. The van der Waals surface area contributed by atoms with Crippen LogP contribution in [0.4, 0.5) is 4.79 Å². The zero-order valence-corrected chi connectivity index (χ0v) is 13.0. The number of nitrogens with zero attached hydrogens (tertiary/aromatic N) is 1. The lowest BCUT2D eigenvalue weighted by atomic mass is 9.99. The summed E-state index contributed by atoms with van der Waals surface area (Å²) in [4.78, 5) is 37.3. The van der Waals surface area contributed by atoms with Crippen molar-refractivity contribution in [3.63, 3.8) is 0 Å². The molecule has 6 nitrogen and oxygen atoms in total. The summed E-state index contributed by atoms with van der Waals surface area (Å²) < 4.78 is 0.870. The molecule has 1 aromatic rings. The number of aryl methyl sites for hydroxylation is 1. The number of halogens is 1. The third-order valence-electron chi connectivity index (χ3n) is 3.99. The highest BCUT2D eigenvalue weighted by Gasteiger charge is 2.51. The van der Waals surface area contributed by atoms with Gasteiger partial charge in [0.25, 0.3) is 11.8 Å². The Morgan fingerprint density at radius 2 is 2.14 bits per heavy atom. The molecule has 1 spiro atoms. The highest BCUT2D eigenvalue weighted by Crippen LogP contribution is 2.27. The first-order valence-electron chi connectivity index (χ1n) is 6.60. The van der Waals surface area contributed by atoms with E-state index < -0.39 is 11.6 Å². The van der Waals surface area contributed by atoms with Gasteiger partial charge in [0.2, 0.25) is 0 Å². The molecular formula is C14H14BrN3O3. The first kappa shape index (κ1) is 14.1. The van der Waals surface area contributed by atoms with E-state index in [2.05, 4.69) is 26.6 Å². The monoisotopic (exact) mass is 351 g/mol. The van der Waals surface area contributed by atoms with Crippen LogP contribution in [0.1, 0.15) is 22.3 Å². The number of carbonyl (C=O) groups excluding carboxylic acids is 3. The Hall–Kier alpha value is -1.89. The minimum atomic E-state index is -0.964. The van der Waals surface area contributed by atoms with Crippen molar-refractivity contribution >= 4 is 33.8 Å². The Kier molecular flexibility index (Phi) is 3.24. The van der Waals surface area contributed by atoms with Crippen LogP contribution in [0, 0.1) is 6.92 Å². The molecule has 110 valence electrons. The Morgan fingerprint density at radius 1 is 1.38 bits per heavy atom. The third kappa shape index (κ3) is 2.31. The molecule has 0 radical (unpaired) electrons. The fourth-order valence-electron chi connectivity index (χ4n) is 2.71. The molecule has 1 atom stereocenters. The van der Waals surface area contributed by atoms with Crippen LogP contribution in [-0.2, 0) is 4.79 Å². The lowest BCUT2D eigenvalue weighted by Gasteiger charge is -2.21. The molecule has 2 heterocycles. The molecule has 2 aliphatic rings. The fourth-order valence-corrected chi connectivity index (χ4v) is 3.09. The number of amides is 4. The topological polar surface area (TPSA) is 78.5 Å². The predicted octanol–water partition coefficient (Wildman–Crippen LogP) is 1.18. The molecule has 0 aromatic heterocycles. The molecule has 7 heteroatoms. The zero-order valence-electron chi connectivity index (χ0n) is 11.4. The van der Waals surface area contributed by atoms with Crippen molar-refractivity contribution in [1.82, 2.24) is 15.5 Å². The van der Waals surface area contributed by atoms with Crippen LogP contribution in [-0.4, -0.2) is 41.4 Å². The van der Waals surface area contributed by atoms with Crippen LogP contribution >= 0.6 is 15.9 Å². The van der Waals surface area contributed by atoms with Gasteiger partial charge >= 0.3 is 6.03 Å². The van der Waals surface area contributed by atoms with Gasteiger partial charge in [-0.15, -0.1) is 0 Å². The van der Waals surface area contributed by atoms with E-state index >= 15 is 0 Å². The molecule has 0 aliphatic carbocycles. The van der Waals surface area contributed by atoms with Crippen molar-refractivity contribution in [1.29, 1.82) is 0 Å². The maximum atomic E-state index is 12.5. The summed E-state index contributed by atoms with van der Waals surface area (Å²) in [6.45, 7) is 2.59. The molecule has 2 fully saturated rings. The van der Waals surface area contributed by atoms with Crippen molar-refractivity contribution in [2.75, 3.05) is 13.1 Å². The molecule has 1 aromatic carbocycles. The number of benzene rings is 1. The van der Waals surface area contributed by atoms with Gasteiger partial charge in [-0.3, -0.25) is 14.9 Å². The molecule has 2 N–H and O–H groups in total. The highest BCUT2D eigenvalue weighted by molar-refractivity contribution is 9.10. The zero-order chi connectivity index (χ0) is 15.2. The summed E-state index contributed by atoms with van der Waals surface area (Å²) in [7, 11) is 0. The van der Waals surface area contributed by atoms with Crippen molar-refractivity contribution < 1.29 is 14.4 Å². The van der Waals surface area contributed by atoms with E-state index in [0.29, 0.717) is 18.5 Å². The fraction of sp³-hybridized carbons (Fsp3) is 0.357. The number of rotatable bonds is 1. The Labute approximate surface area is 130 Å². The van der Waals surface area contributed by atoms with Crippen molar-refractivity contribution in [2.24, 2.45) is 0 Å². The normalized spacial score (nSPS) is 24.4. The van der Waals surface area contributed by atoms with Crippen LogP contribution in [0.3, 0.4) is 0 Å². The van der Waals surface area contributed by atoms with Crippen molar-refractivity contribution in [3.05, 3.63) is 33.8 Å². The summed E-state index contributed by atoms with van der Waals surface area (Å²) in [6.07, 6.45) is 0.434. The van der Waals surface area contributed by atoms with Gasteiger partial charge in [-0.1, -0.05) is 22.0 Å². The quantitative estimate of drug-likeness (QED) is 0.745. The molecular weight excluding hydrogens is 338 g/mol. The number of hydrogen-bond donors (Lipinski definition) is 2. The van der Waals surface area contributed by atoms with Crippen LogP contribution in [0.25, 0.3) is 0 Å². The molecule has 2 saturated heterocycles. The van der Waals surface area contributed by atoms with Crippen molar-refractivity contribution in [2.45, 2.75) is 18.9 Å². The molecule has 1 unspecified atom stereocenters. The minimum Gasteiger partial charge on any atom is -0.336 e. The minimum absolute atomic E-state index is 0.137. The van der Waals surface area contributed by atoms with Gasteiger partial charge in [0, 0.05) is 16.6 Å². The van der Waals surface area contributed by atoms with E-state index in [1.54, 1.807) is 17.0 Å². The van der Waals surface area contributed by atoms with Gasteiger partial charge in [-0.25, -0.2) is 4.79 Å². The third-order valence-corrected chi connectivity index (χ3v) is 4.84. The van der Waals surface area contributed by atoms with Crippen LogP contribution < -0.4 is 10.6 Å². The molecule has 2 aliphatic heterocycles. The van der Waals surface area contributed by atoms with Gasteiger partial charge in [0.1, 0.15) is 5.54 Å². The Bertz CT molecular complexity index is 661. The van der Waals surface area contributed by atoms with Gasteiger partial charge in [-0.05, 0) is 31.0 Å². The molecule has 0 saturated carbocycles. The van der Waals surface area contributed by atoms with Gasteiger partial charge in [-0.2, -0.15) is 0 Å². The Balaban J connectivity index is 1.80. The van der Waals surface area contributed by atoms with E-state index in [4.69, 9.17) is 0 Å². The first-order chi connectivity index (χ1) is 9.91. The van der Waals surface area contributed by atoms with E-state index in [-0.39, 0.29) is 18.4 Å². The van der Waals surface area contributed by atoms with Gasteiger partial charge in [0.05, 0.1) is 6.54 Å².